The highest BCUT2D eigenvalue weighted by Crippen LogP contribution is 2.32. The first-order valence-electron chi connectivity index (χ1n) is 5.99. The first-order valence-corrected chi connectivity index (χ1v) is 5.99. The Morgan fingerprint density at radius 2 is 1.86 bits per heavy atom. The van der Waals surface area contributed by atoms with E-state index in [1.165, 1.54) is 38.6 Å². The van der Waals surface area contributed by atoms with Crippen molar-refractivity contribution in [2.24, 2.45) is 0 Å². The predicted octanol–water partition coefficient (Wildman–Crippen LogP) is 2.25. The maximum atomic E-state index is 3.55. The lowest BCUT2D eigenvalue weighted by Crippen LogP contribution is -2.43. The Labute approximate surface area is 89.1 Å². The minimum atomic E-state index is 0.461. The van der Waals surface area contributed by atoms with Crippen LogP contribution in [0.4, 0.5) is 0 Å². The van der Waals surface area contributed by atoms with Crippen LogP contribution < -0.4 is 5.32 Å². The fourth-order valence-electron chi connectivity index (χ4n) is 2.33. The molecule has 2 heteroatoms. The van der Waals surface area contributed by atoms with Gasteiger partial charge in [0.25, 0.3) is 0 Å². The van der Waals surface area contributed by atoms with E-state index in [4.69, 9.17) is 0 Å². The van der Waals surface area contributed by atoms with Gasteiger partial charge in [-0.2, -0.15) is 0 Å². The number of nitrogens with zero attached hydrogens (tertiary/aromatic N) is 1. The third-order valence-corrected chi connectivity index (χ3v) is 3.92. The summed E-state index contributed by atoms with van der Waals surface area (Å²) in [7, 11) is 4.35. The van der Waals surface area contributed by atoms with Crippen LogP contribution in [0, 0.1) is 0 Å². The van der Waals surface area contributed by atoms with Gasteiger partial charge in [-0.3, -0.25) is 0 Å². The second-order valence-electron chi connectivity index (χ2n) is 5.06. The van der Waals surface area contributed by atoms with Crippen molar-refractivity contribution in [1.82, 2.24) is 10.2 Å². The quantitative estimate of drug-likeness (QED) is 0.729. The summed E-state index contributed by atoms with van der Waals surface area (Å²) < 4.78 is 0. The smallest absolute Gasteiger partial charge is 0.0190 e. The SMILES string of the molecule is CNC1(CCN(C)C(C)C)CCCC1. The molecular formula is C12H26N2. The summed E-state index contributed by atoms with van der Waals surface area (Å²) in [6, 6.07) is 0.672. The molecule has 0 heterocycles. The Balaban J connectivity index is 2.34. The minimum Gasteiger partial charge on any atom is -0.314 e. The van der Waals surface area contributed by atoms with Crippen LogP contribution in [0.1, 0.15) is 46.0 Å². The highest BCUT2D eigenvalue weighted by Gasteiger charge is 2.31. The maximum Gasteiger partial charge on any atom is 0.0190 e. The van der Waals surface area contributed by atoms with Gasteiger partial charge < -0.3 is 10.2 Å². The van der Waals surface area contributed by atoms with E-state index in [9.17, 15) is 0 Å². The van der Waals surface area contributed by atoms with Crippen LogP contribution >= 0.6 is 0 Å². The van der Waals surface area contributed by atoms with E-state index in [0.717, 1.165) is 0 Å². The number of hydrogen-bond acceptors (Lipinski definition) is 2. The van der Waals surface area contributed by atoms with E-state index >= 15 is 0 Å². The Bertz CT molecular complexity index is 160. The molecule has 14 heavy (non-hydrogen) atoms. The molecule has 1 aliphatic rings. The van der Waals surface area contributed by atoms with Crippen LogP contribution in [0.15, 0.2) is 0 Å². The molecule has 0 radical (unpaired) electrons. The summed E-state index contributed by atoms with van der Waals surface area (Å²) >= 11 is 0. The Hall–Kier alpha value is -0.0800. The summed E-state index contributed by atoms with van der Waals surface area (Å²) in [6.07, 6.45) is 6.86. The molecule has 0 saturated heterocycles. The molecule has 0 aromatic rings. The van der Waals surface area contributed by atoms with Crippen LogP contribution in [0.25, 0.3) is 0 Å². The molecule has 0 unspecified atom stereocenters. The van der Waals surface area contributed by atoms with Crippen molar-refractivity contribution in [2.45, 2.75) is 57.5 Å². The first-order chi connectivity index (χ1) is 6.59. The second kappa shape index (κ2) is 5.13. The van der Waals surface area contributed by atoms with Gasteiger partial charge in [0.05, 0.1) is 0 Å². The molecule has 0 spiro atoms. The van der Waals surface area contributed by atoms with Crippen molar-refractivity contribution in [3.8, 4) is 0 Å². The summed E-state index contributed by atoms with van der Waals surface area (Å²) in [5.41, 5.74) is 0.461. The Morgan fingerprint density at radius 1 is 1.29 bits per heavy atom. The molecule has 0 bridgehead atoms. The molecule has 1 saturated carbocycles. The summed E-state index contributed by atoms with van der Waals surface area (Å²) in [5.74, 6) is 0. The van der Waals surface area contributed by atoms with Gasteiger partial charge in [0.15, 0.2) is 0 Å². The Kier molecular flexibility index (Phi) is 4.39. The molecule has 84 valence electrons. The monoisotopic (exact) mass is 198 g/mol. The molecule has 0 aliphatic heterocycles. The van der Waals surface area contributed by atoms with E-state index in [-0.39, 0.29) is 0 Å². The molecule has 2 nitrogen and oxygen atoms in total. The number of hydrogen-bond donors (Lipinski definition) is 1. The number of nitrogens with one attached hydrogen (secondary N) is 1. The predicted molar refractivity (Wildman–Crippen MR) is 62.6 cm³/mol. The third kappa shape index (κ3) is 2.96. The lowest BCUT2D eigenvalue weighted by atomic mass is 9.93. The zero-order valence-corrected chi connectivity index (χ0v) is 10.3. The minimum absolute atomic E-state index is 0.461. The van der Waals surface area contributed by atoms with E-state index in [0.29, 0.717) is 11.6 Å². The topological polar surface area (TPSA) is 15.3 Å². The van der Waals surface area contributed by atoms with Crippen LogP contribution in [-0.4, -0.2) is 37.1 Å². The van der Waals surface area contributed by atoms with Crippen LogP contribution in [0.2, 0.25) is 0 Å². The molecule has 0 atom stereocenters. The van der Waals surface area contributed by atoms with Gasteiger partial charge in [-0.15, -0.1) is 0 Å². The molecule has 1 fully saturated rings. The van der Waals surface area contributed by atoms with Crippen molar-refractivity contribution >= 4 is 0 Å². The van der Waals surface area contributed by atoms with Crippen molar-refractivity contribution in [3.05, 3.63) is 0 Å². The largest absolute Gasteiger partial charge is 0.314 e. The highest BCUT2D eigenvalue weighted by atomic mass is 15.1. The van der Waals surface area contributed by atoms with Gasteiger partial charge in [0, 0.05) is 11.6 Å². The van der Waals surface area contributed by atoms with Crippen molar-refractivity contribution in [2.75, 3.05) is 20.6 Å². The van der Waals surface area contributed by atoms with Gasteiger partial charge in [-0.1, -0.05) is 12.8 Å². The Morgan fingerprint density at radius 3 is 2.29 bits per heavy atom. The highest BCUT2D eigenvalue weighted by molar-refractivity contribution is 4.92. The van der Waals surface area contributed by atoms with Crippen LogP contribution in [0.3, 0.4) is 0 Å². The normalized spacial score (nSPS) is 21.0. The number of rotatable bonds is 5. The summed E-state index contributed by atoms with van der Waals surface area (Å²) in [5, 5.41) is 3.55. The average molecular weight is 198 g/mol. The van der Waals surface area contributed by atoms with E-state index in [1.807, 2.05) is 0 Å². The molecule has 0 aromatic carbocycles. The van der Waals surface area contributed by atoms with E-state index < -0.39 is 0 Å². The zero-order chi connectivity index (χ0) is 10.6. The van der Waals surface area contributed by atoms with Gasteiger partial charge in [0.1, 0.15) is 0 Å². The summed E-state index contributed by atoms with van der Waals surface area (Å²) in [6.45, 7) is 5.75. The lowest BCUT2D eigenvalue weighted by Gasteiger charge is -2.32. The molecule has 0 amide bonds. The van der Waals surface area contributed by atoms with Crippen molar-refractivity contribution in [3.63, 3.8) is 0 Å². The molecule has 1 aliphatic carbocycles. The van der Waals surface area contributed by atoms with Crippen molar-refractivity contribution < 1.29 is 0 Å². The third-order valence-electron chi connectivity index (χ3n) is 3.92. The fourth-order valence-corrected chi connectivity index (χ4v) is 2.33. The van der Waals surface area contributed by atoms with Crippen LogP contribution in [-0.2, 0) is 0 Å². The van der Waals surface area contributed by atoms with E-state index in [2.05, 4.69) is 38.2 Å². The molecule has 0 aromatic heterocycles. The van der Waals surface area contributed by atoms with E-state index in [1.54, 1.807) is 0 Å². The van der Waals surface area contributed by atoms with Gasteiger partial charge in [-0.05, 0) is 53.8 Å². The van der Waals surface area contributed by atoms with Gasteiger partial charge >= 0.3 is 0 Å². The standard InChI is InChI=1S/C12H26N2/c1-11(2)14(4)10-9-12(13-3)7-5-6-8-12/h11,13H,5-10H2,1-4H3. The zero-order valence-electron chi connectivity index (χ0n) is 10.3. The van der Waals surface area contributed by atoms with Crippen LogP contribution in [0.5, 0.6) is 0 Å². The molecule has 1 N–H and O–H groups in total. The fraction of sp³-hybridized carbons (Fsp3) is 1.00. The second-order valence-corrected chi connectivity index (χ2v) is 5.06. The van der Waals surface area contributed by atoms with Gasteiger partial charge in [0.2, 0.25) is 0 Å². The maximum absolute atomic E-state index is 3.55. The molecule has 1 rings (SSSR count). The lowest BCUT2D eigenvalue weighted by molar-refractivity contribution is 0.222. The first kappa shape index (κ1) is 12.0. The van der Waals surface area contributed by atoms with Crippen molar-refractivity contribution in [1.29, 1.82) is 0 Å². The van der Waals surface area contributed by atoms with Gasteiger partial charge in [-0.25, -0.2) is 0 Å². The molecular weight excluding hydrogens is 172 g/mol. The summed E-state index contributed by atoms with van der Waals surface area (Å²) in [4.78, 5) is 2.44. The average Bonchev–Trinajstić information content (AvgIpc) is 2.63.